The minimum atomic E-state index is -0.775. The number of rotatable bonds is 5. The van der Waals surface area contributed by atoms with E-state index < -0.39 is 22.3 Å². The van der Waals surface area contributed by atoms with Gasteiger partial charge in [0.05, 0.1) is 12.0 Å². The number of aryl methyl sites for hydroxylation is 1. The topological polar surface area (TPSA) is 141 Å². The highest BCUT2D eigenvalue weighted by molar-refractivity contribution is 6.06. The summed E-state index contributed by atoms with van der Waals surface area (Å²) in [5.41, 5.74) is -1.28. The molecule has 2 aromatic rings. The Labute approximate surface area is 178 Å². The van der Waals surface area contributed by atoms with Gasteiger partial charge in [-0.1, -0.05) is 5.16 Å². The molecular weight excluding hydrogens is 404 g/mol. The molecule has 0 radical (unpaired) electrons. The third-order valence-corrected chi connectivity index (χ3v) is 7.05. The number of phenols is 1. The zero-order valence-corrected chi connectivity index (χ0v) is 17.4. The number of nitrogens with one attached hydrogen (secondary N) is 1. The Balaban J connectivity index is 1.61. The van der Waals surface area contributed by atoms with Crippen molar-refractivity contribution in [2.24, 2.45) is 17.8 Å². The maximum absolute atomic E-state index is 13.6. The molecule has 164 valence electrons. The molecule has 0 unspecified atom stereocenters. The van der Waals surface area contributed by atoms with E-state index in [0.29, 0.717) is 17.8 Å². The van der Waals surface area contributed by atoms with Crippen molar-refractivity contribution < 1.29 is 24.1 Å². The van der Waals surface area contributed by atoms with Crippen molar-refractivity contribution in [3.8, 4) is 22.9 Å². The molecule has 10 nitrogen and oxygen atoms in total. The van der Waals surface area contributed by atoms with Gasteiger partial charge < -0.3 is 19.7 Å². The van der Waals surface area contributed by atoms with Gasteiger partial charge in [-0.2, -0.15) is 4.98 Å². The highest BCUT2D eigenvalue weighted by Gasteiger charge is 2.52. The lowest BCUT2D eigenvalue weighted by Gasteiger charge is -2.56. The standard InChI is InChI=1S/C21H24N4O6/c1-10-22-19(24-31-10)14-6-15(30-2)18(26)17(25(28)29)16(14)20(27)23-21-7-11-3-12(8-21)5-13(4-11)9-21/h6,11-13,26H,3-5,7-9H2,1-2H3,(H,23,27). The first-order chi connectivity index (χ1) is 14.8. The van der Waals surface area contributed by atoms with Crippen LogP contribution in [-0.2, 0) is 0 Å². The number of hydrogen-bond acceptors (Lipinski definition) is 8. The van der Waals surface area contributed by atoms with Crippen molar-refractivity contribution >= 4 is 11.6 Å². The fraction of sp³-hybridized carbons (Fsp3) is 0.571. The van der Waals surface area contributed by atoms with Gasteiger partial charge in [-0.25, -0.2) is 0 Å². The lowest BCUT2D eigenvalue weighted by Crippen LogP contribution is -2.59. The van der Waals surface area contributed by atoms with Gasteiger partial charge in [0.15, 0.2) is 5.75 Å². The smallest absolute Gasteiger partial charge is 0.328 e. The number of carbonyl (C=O) groups is 1. The lowest BCUT2D eigenvalue weighted by atomic mass is 9.53. The molecule has 10 heteroatoms. The van der Waals surface area contributed by atoms with Gasteiger partial charge >= 0.3 is 5.69 Å². The number of nitro benzene ring substituents is 1. The van der Waals surface area contributed by atoms with Crippen LogP contribution in [0.5, 0.6) is 11.5 Å². The van der Waals surface area contributed by atoms with Crippen molar-refractivity contribution in [1.29, 1.82) is 0 Å². The predicted molar refractivity (Wildman–Crippen MR) is 108 cm³/mol. The number of aromatic nitrogens is 2. The summed E-state index contributed by atoms with van der Waals surface area (Å²) >= 11 is 0. The minimum absolute atomic E-state index is 0.0227. The first-order valence-electron chi connectivity index (χ1n) is 10.5. The zero-order valence-electron chi connectivity index (χ0n) is 17.4. The summed E-state index contributed by atoms with van der Waals surface area (Å²) in [7, 11) is 1.28. The van der Waals surface area contributed by atoms with Crippen LogP contribution in [0.3, 0.4) is 0 Å². The van der Waals surface area contributed by atoms with Gasteiger partial charge in [-0.3, -0.25) is 14.9 Å². The lowest BCUT2D eigenvalue weighted by molar-refractivity contribution is -0.386. The molecule has 4 aliphatic carbocycles. The molecule has 4 aliphatic rings. The van der Waals surface area contributed by atoms with Crippen LogP contribution in [0.15, 0.2) is 10.6 Å². The molecule has 1 heterocycles. The molecule has 0 spiro atoms. The summed E-state index contributed by atoms with van der Waals surface area (Å²) in [6, 6.07) is 1.33. The monoisotopic (exact) mass is 428 g/mol. The molecule has 0 aliphatic heterocycles. The summed E-state index contributed by atoms with van der Waals surface area (Å²) in [5, 5.41) is 29.4. The molecule has 1 aromatic heterocycles. The fourth-order valence-corrected chi connectivity index (χ4v) is 6.35. The van der Waals surface area contributed by atoms with Gasteiger partial charge in [0, 0.05) is 18.0 Å². The van der Waals surface area contributed by atoms with Crippen LogP contribution < -0.4 is 10.1 Å². The molecule has 4 saturated carbocycles. The largest absolute Gasteiger partial charge is 0.499 e. The van der Waals surface area contributed by atoms with Crippen molar-refractivity contribution in [1.82, 2.24) is 15.5 Å². The van der Waals surface area contributed by atoms with Gasteiger partial charge in [0.25, 0.3) is 5.91 Å². The van der Waals surface area contributed by atoms with E-state index >= 15 is 0 Å². The number of carbonyl (C=O) groups excluding carboxylic acids is 1. The molecule has 1 aromatic carbocycles. The molecular formula is C21H24N4O6. The predicted octanol–water partition coefficient (Wildman–Crippen LogP) is 3.37. The molecule has 0 atom stereocenters. The molecule has 0 saturated heterocycles. The van der Waals surface area contributed by atoms with E-state index in [1.165, 1.54) is 32.4 Å². The zero-order chi connectivity index (χ0) is 21.9. The number of phenolic OH excluding ortho intramolecular Hbond substituents is 1. The third kappa shape index (κ3) is 3.21. The van der Waals surface area contributed by atoms with Crippen LogP contribution in [-0.4, -0.2) is 38.7 Å². The van der Waals surface area contributed by atoms with E-state index in [2.05, 4.69) is 15.5 Å². The molecule has 6 rings (SSSR count). The quantitative estimate of drug-likeness (QED) is 0.545. The summed E-state index contributed by atoms with van der Waals surface area (Å²) in [4.78, 5) is 28.8. The van der Waals surface area contributed by atoms with Crippen LogP contribution >= 0.6 is 0 Å². The Kier molecular flexibility index (Phi) is 4.42. The Morgan fingerprint density at radius 3 is 2.39 bits per heavy atom. The average molecular weight is 428 g/mol. The first-order valence-corrected chi connectivity index (χ1v) is 10.5. The summed E-state index contributed by atoms with van der Waals surface area (Å²) in [6.07, 6.45) is 6.26. The fourth-order valence-electron chi connectivity index (χ4n) is 6.35. The molecule has 31 heavy (non-hydrogen) atoms. The number of methoxy groups -OCH3 is 1. The number of ether oxygens (including phenoxy) is 1. The summed E-state index contributed by atoms with van der Waals surface area (Å²) in [5.74, 6) is 0.582. The van der Waals surface area contributed by atoms with Gasteiger partial charge in [-0.05, 0) is 62.3 Å². The number of amides is 1. The molecule has 4 bridgehead atoms. The van der Waals surface area contributed by atoms with E-state index in [0.717, 1.165) is 19.3 Å². The number of benzene rings is 1. The highest BCUT2D eigenvalue weighted by atomic mass is 16.6. The molecule has 1 amide bonds. The second-order valence-corrected chi connectivity index (χ2v) is 9.24. The van der Waals surface area contributed by atoms with Crippen LogP contribution in [0.1, 0.15) is 54.8 Å². The van der Waals surface area contributed by atoms with E-state index in [9.17, 15) is 20.0 Å². The van der Waals surface area contributed by atoms with Crippen molar-refractivity contribution in [2.45, 2.75) is 51.0 Å². The van der Waals surface area contributed by atoms with Crippen LogP contribution in [0.25, 0.3) is 11.4 Å². The molecule has 2 N–H and O–H groups in total. The number of nitro groups is 1. The van der Waals surface area contributed by atoms with E-state index in [1.54, 1.807) is 6.92 Å². The van der Waals surface area contributed by atoms with E-state index in [-0.39, 0.29) is 34.1 Å². The van der Waals surface area contributed by atoms with Crippen LogP contribution in [0.4, 0.5) is 5.69 Å². The Morgan fingerprint density at radius 2 is 1.90 bits per heavy atom. The van der Waals surface area contributed by atoms with Crippen molar-refractivity contribution in [3.05, 3.63) is 27.6 Å². The third-order valence-electron chi connectivity index (χ3n) is 7.05. The second-order valence-electron chi connectivity index (χ2n) is 9.24. The summed E-state index contributed by atoms with van der Waals surface area (Å²) < 4.78 is 10.1. The number of nitrogens with zero attached hydrogens (tertiary/aromatic N) is 3. The van der Waals surface area contributed by atoms with Gasteiger partial charge in [0.2, 0.25) is 17.5 Å². The first kappa shape index (κ1) is 19.8. The van der Waals surface area contributed by atoms with E-state index in [4.69, 9.17) is 9.26 Å². The molecule has 4 fully saturated rings. The average Bonchev–Trinajstić information content (AvgIpc) is 3.12. The van der Waals surface area contributed by atoms with Gasteiger partial charge in [0.1, 0.15) is 5.56 Å². The maximum atomic E-state index is 13.6. The SMILES string of the molecule is COc1cc(-c2noc(C)n2)c(C(=O)NC23CC4CC(CC(C4)C2)C3)c([N+](=O)[O-])c1O. The normalized spacial score (nSPS) is 28.5. The Morgan fingerprint density at radius 1 is 1.29 bits per heavy atom. The number of aromatic hydroxyl groups is 1. The Hall–Kier alpha value is -3.17. The van der Waals surface area contributed by atoms with E-state index in [1.807, 2.05) is 0 Å². The summed E-state index contributed by atoms with van der Waals surface area (Å²) in [6.45, 7) is 1.58. The second kappa shape index (κ2) is 6.93. The maximum Gasteiger partial charge on any atom is 0.328 e. The van der Waals surface area contributed by atoms with Crippen molar-refractivity contribution in [2.75, 3.05) is 7.11 Å². The minimum Gasteiger partial charge on any atom is -0.499 e. The van der Waals surface area contributed by atoms with Crippen molar-refractivity contribution in [3.63, 3.8) is 0 Å². The Bertz CT molecular complexity index is 1040. The van der Waals surface area contributed by atoms with Crippen LogP contribution in [0, 0.1) is 34.8 Å². The van der Waals surface area contributed by atoms with Gasteiger partial charge in [-0.15, -0.1) is 0 Å². The number of hydrogen-bond donors (Lipinski definition) is 2. The highest BCUT2D eigenvalue weighted by Crippen LogP contribution is 2.56. The van der Waals surface area contributed by atoms with Crippen LogP contribution in [0.2, 0.25) is 0 Å².